The minimum atomic E-state index is -0.985. The molecule has 0 radical (unpaired) electrons. The Balaban J connectivity index is 1.58. The summed E-state index contributed by atoms with van der Waals surface area (Å²) in [4.78, 5) is 22.8. The predicted molar refractivity (Wildman–Crippen MR) is 90.6 cm³/mol. The predicted octanol–water partition coefficient (Wildman–Crippen LogP) is 1.59. The van der Waals surface area contributed by atoms with Gasteiger partial charge in [0.2, 0.25) is 5.95 Å². The number of aromatic nitrogens is 6. The lowest BCUT2D eigenvalue weighted by molar-refractivity contribution is -0.137. The Kier molecular flexibility index (Phi) is 3.71. The van der Waals surface area contributed by atoms with E-state index < -0.39 is 5.97 Å². The fourth-order valence-corrected chi connectivity index (χ4v) is 2.72. The number of fused-ring (bicyclic) bond motifs is 1. The third-order valence-corrected chi connectivity index (χ3v) is 4.18. The van der Waals surface area contributed by atoms with E-state index in [4.69, 9.17) is 5.11 Å². The average Bonchev–Trinajstić information content (AvgIpc) is 3.16. The Hall–Kier alpha value is -3.17. The van der Waals surface area contributed by atoms with Crippen molar-refractivity contribution in [2.24, 2.45) is 5.92 Å². The summed E-state index contributed by atoms with van der Waals surface area (Å²) in [5.74, 6) is 1.21. The van der Waals surface area contributed by atoms with Crippen molar-refractivity contribution in [1.29, 1.82) is 0 Å². The lowest BCUT2D eigenvalue weighted by atomic mass is 10.2. The molecule has 0 bridgehead atoms. The van der Waals surface area contributed by atoms with Gasteiger partial charge in [-0.05, 0) is 31.7 Å². The van der Waals surface area contributed by atoms with Gasteiger partial charge in [-0.1, -0.05) is 5.21 Å². The molecule has 0 spiro atoms. The monoisotopic (exact) mass is 342 g/mol. The molecule has 3 heterocycles. The second kappa shape index (κ2) is 6.04. The van der Waals surface area contributed by atoms with Crippen LogP contribution in [-0.4, -0.2) is 47.1 Å². The van der Waals surface area contributed by atoms with Crippen LogP contribution in [0, 0.1) is 5.92 Å². The topological polar surface area (TPSA) is 134 Å². The largest absolute Gasteiger partial charge is 0.480 e. The number of carboxylic acids is 1. The van der Waals surface area contributed by atoms with Crippen molar-refractivity contribution in [2.75, 3.05) is 10.6 Å². The molecular formula is C15H18N8O2. The summed E-state index contributed by atoms with van der Waals surface area (Å²) in [6.07, 6.45) is 5.80. The van der Waals surface area contributed by atoms with Crippen molar-refractivity contribution < 1.29 is 9.90 Å². The van der Waals surface area contributed by atoms with Crippen molar-refractivity contribution >= 4 is 34.6 Å². The van der Waals surface area contributed by atoms with Crippen molar-refractivity contribution in [2.45, 2.75) is 32.4 Å². The van der Waals surface area contributed by atoms with Crippen LogP contribution in [0.25, 0.3) is 11.0 Å². The van der Waals surface area contributed by atoms with Crippen molar-refractivity contribution in [3.8, 4) is 0 Å². The van der Waals surface area contributed by atoms with Crippen molar-refractivity contribution in [3.05, 3.63) is 18.5 Å². The number of carboxylic acid groups (broad SMARTS) is 1. The first kappa shape index (κ1) is 15.4. The molecule has 1 aliphatic carbocycles. The van der Waals surface area contributed by atoms with Gasteiger partial charge in [-0.2, -0.15) is 9.97 Å². The molecule has 1 unspecified atom stereocenters. The molecule has 0 amide bonds. The second-order valence-corrected chi connectivity index (χ2v) is 6.23. The van der Waals surface area contributed by atoms with Gasteiger partial charge < -0.3 is 20.7 Å². The number of nitrogens with zero attached hydrogens (tertiary/aromatic N) is 5. The number of hydrogen-bond acceptors (Lipinski definition) is 7. The highest BCUT2D eigenvalue weighted by Gasteiger charge is 2.28. The van der Waals surface area contributed by atoms with Gasteiger partial charge in [-0.15, -0.1) is 5.10 Å². The van der Waals surface area contributed by atoms with Gasteiger partial charge >= 0.3 is 5.97 Å². The molecule has 0 aliphatic heterocycles. The highest BCUT2D eigenvalue weighted by Crippen LogP contribution is 2.34. The first-order valence-electron chi connectivity index (χ1n) is 8.09. The summed E-state index contributed by atoms with van der Waals surface area (Å²) in [7, 11) is 0. The van der Waals surface area contributed by atoms with E-state index in [-0.39, 0.29) is 6.54 Å². The normalized spacial score (nSPS) is 15.2. The van der Waals surface area contributed by atoms with E-state index in [0.29, 0.717) is 29.4 Å². The molecule has 3 aromatic rings. The second-order valence-electron chi connectivity index (χ2n) is 6.23. The zero-order valence-electron chi connectivity index (χ0n) is 13.6. The molecule has 10 nitrogen and oxygen atoms in total. The third-order valence-electron chi connectivity index (χ3n) is 4.18. The summed E-state index contributed by atoms with van der Waals surface area (Å²) in [6.45, 7) is 1.90. The SMILES string of the molecule is CC(Nc1nc(Nc2cn(CC(=O)O)nn2)nc2[nH]ccc12)C1CC1. The van der Waals surface area contributed by atoms with Crippen LogP contribution in [0.2, 0.25) is 0 Å². The molecule has 3 aromatic heterocycles. The first-order chi connectivity index (χ1) is 12.1. The van der Waals surface area contributed by atoms with Gasteiger partial charge in [0.15, 0.2) is 5.82 Å². The highest BCUT2D eigenvalue weighted by molar-refractivity contribution is 5.88. The minimum Gasteiger partial charge on any atom is -0.480 e. The van der Waals surface area contributed by atoms with Crippen LogP contribution >= 0.6 is 0 Å². The van der Waals surface area contributed by atoms with E-state index in [9.17, 15) is 4.79 Å². The summed E-state index contributed by atoms with van der Waals surface area (Å²) < 4.78 is 1.23. The average molecular weight is 342 g/mol. The molecule has 0 aromatic carbocycles. The summed E-state index contributed by atoms with van der Waals surface area (Å²) in [5, 5.41) is 23.8. The summed E-state index contributed by atoms with van der Waals surface area (Å²) in [5.41, 5.74) is 0.709. The van der Waals surface area contributed by atoms with E-state index in [0.717, 1.165) is 11.2 Å². The zero-order valence-corrected chi connectivity index (χ0v) is 13.6. The smallest absolute Gasteiger partial charge is 0.325 e. The summed E-state index contributed by atoms with van der Waals surface area (Å²) in [6, 6.07) is 2.28. The molecular weight excluding hydrogens is 324 g/mol. The molecule has 4 rings (SSSR count). The number of aliphatic carboxylic acids is 1. The lowest BCUT2D eigenvalue weighted by Crippen LogP contribution is -2.18. The minimum absolute atomic E-state index is 0.253. The fourth-order valence-electron chi connectivity index (χ4n) is 2.72. The van der Waals surface area contributed by atoms with Gasteiger partial charge in [0.05, 0.1) is 11.6 Å². The molecule has 10 heteroatoms. The van der Waals surface area contributed by atoms with Gasteiger partial charge in [0.25, 0.3) is 0 Å². The molecule has 1 fully saturated rings. The number of nitrogens with one attached hydrogen (secondary N) is 3. The van der Waals surface area contributed by atoms with E-state index in [1.54, 1.807) is 0 Å². The Labute approximate surface area is 142 Å². The zero-order chi connectivity index (χ0) is 17.4. The van der Waals surface area contributed by atoms with Gasteiger partial charge in [0.1, 0.15) is 18.0 Å². The standard InChI is InChI=1S/C15H18N8O2/c1-8(9-2-3-9)17-14-10-4-5-16-13(10)19-15(20-14)18-11-6-23(22-21-11)7-12(24)25/h4-6,8-9H,2-3,7H2,1H3,(H,24,25)(H3,16,17,18,19,20). The molecule has 1 saturated carbocycles. The fraction of sp³-hybridized carbons (Fsp3) is 0.400. The first-order valence-corrected chi connectivity index (χ1v) is 8.09. The lowest BCUT2D eigenvalue weighted by Gasteiger charge is -2.15. The Morgan fingerprint density at radius 1 is 1.48 bits per heavy atom. The molecule has 1 aliphatic rings. The highest BCUT2D eigenvalue weighted by atomic mass is 16.4. The maximum absolute atomic E-state index is 10.7. The van der Waals surface area contributed by atoms with Gasteiger partial charge in [0, 0.05) is 12.2 Å². The maximum Gasteiger partial charge on any atom is 0.325 e. The Bertz CT molecular complexity index is 913. The van der Waals surface area contributed by atoms with E-state index in [2.05, 4.69) is 42.8 Å². The molecule has 25 heavy (non-hydrogen) atoms. The van der Waals surface area contributed by atoms with Crippen molar-refractivity contribution in [1.82, 2.24) is 29.9 Å². The van der Waals surface area contributed by atoms with Crippen molar-refractivity contribution in [3.63, 3.8) is 0 Å². The van der Waals surface area contributed by atoms with Crippen LogP contribution in [0.15, 0.2) is 18.5 Å². The molecule has 4 N–H and O–H groups in total. The maximum atomic E-state index is 10.7. The molecule has 0 saturated heterocycles. The van der Waals surface area contributed by atoms with E-state index >= 15 is 0 Å². The van der Waals surface area contributed by atoms with Gasteiger partial charge in [-0.3, -0.25) is 4.79 Å². The Morgan fingerprint density at radius 2 is 2.32 bits per heavy atom. The van der Waals surface area contributed by atoms with E-state index in [1.165, 1.54) is 23.7 Å². The number of rotatable bonds is 7. The van der Waals surface area contributed by atoms with Crippen LogP contribution in [0.4, 0.5) is 17.6 Å². The summed E-state index contributed by atoms with van der Waals surface area (Å²) >= 11 is 0. The quantitative estimate of drug-likeness (QED) is 0.508. The number of anilines is 3. The number of hydrogen-bond donors (Lipinski definition) is 4. The molecule has 1 atom stereocenters. The van der Waals surface area contributed by atoms with Gasteiger partial charge in [-0.25, -0.2) is 4.68 Å². The van der Waals surface area contributed by atoms with Crippen LogP contribution in [0.3, 0.4) is 0 Å². The van der Waals surface area contributed by atoms with Crippen LogP contribution in [-0.2, 0) is 11.3 Å². The van der Waals surface area contributed by atoms with Crippen LogP contribution in [0.5, 0.6) is 0 Å². The Morgan fingerprint density at radius 3 is 3.08 bits per heavy atom. The molecule has 130 valence electrons. The third kappa shape index (κ3) is 3.37. The van der Waals surface area contributed by atoms with Crippen LogP contribution in [0.1, 0.15) is 19.8 Å². The van der Waals surface area contributed by atoms with Crippen LogP contribution < -0.4 is 10.6 Å². The van der Waals surface area contributed by atoms with E-state index in [1.807, 2.05) is 12.3 Å². The number of aromatic amines is 1. The number of H-pyrrole nitrogens is 1. The number of carbonyl (C=O) groups is 1.